The second-order valence-corrected chi connectivity index (χ2v) is 8.22. The summed E-state index contributed by atoms with van der Waals surface area (Å²) in [6.45, 7) is 1.75. The number of benzene rings is 3. The molecule has 0 unspecified atom stereocenters. The van der Waals surface area contributed by atoms with E-state index in [4.69, 9.17) is 27.9 Å². The van der Waals surface area contributed by atoms with Crippen LogP contribution in [0.25, 0.3) is 0 Å². The number of hydrogen-bond acceptors (Lipinski definition) is 3. The summed E-state index contributed by atoms with van der Waals surface area (Å²) in [5.41, 5.74) is 3.11. The number of carboxylic acid groups (broad SMARTS) is 1. The van der Waals surface area contributed by atoms with Gasteiger partial charge in [-0.3, -0.25) is 0 Å². The van der Waals surface area contributed by atoms with Gasteiger partial charge < -0.3 is 20.0 Å². The lowest BCUT2D eigenvalue weighted by Gasteiger charge is -2.13. The van der Waals surface area contributed by atoms with Crippen molar-refractivity contribution in [2.75, 3.05) is 0 Å². The minimum Gasteiger partial charge on any atom is -0.545 e. The molecule has 0 saturated carbocycles. The van der Waals surface area contributed by atoms with Crippen LogP contribution in [0.2, 0.25) is 10.0 Å². The highest BCUT2D eigenvalue weighted by Crippen LogP contribution is 2.26. The van der Waals surface area contributed by atoms with Gasteiger partial charge in [-0.15, -0.1) is 0 Å². The molecule has 3 aromatic rings. The van der Waals surface area contributed by atoms with Gasteiger partial charge in [0.25, 0.3) is 0 Å². The van der Waals surface area contributed by atoms with Crippen molar-refractivity contribution in [3.63, 3.8) is 0 Å². The Balaban J connectivity index is 1.63. The third-order valence-electron chi connectivity index (χ3n) is 4.35. The molecule has 0 aliphatic heterocycles. The SMILES string of the molecule is O=C([O-])c1ccc(C[NH2+]Cc2cc(Br)ccc2OCc2ccc(Cl)cc2Cl)cc1. The van der Waals surface area contributed by atoms with Crippen molar-refractivity contribution in [1.29, 1.82) is 0 Å². The highest BCUT2D eigenvalue weighted by molar-refractivity contribution is 9.10. The quantitative estimate of drug-likeness (QED) is 0.515. The molecule has 0 aromatic heterocycles. The van der Waals surface area contributed by atoms with Crippen LogP contribution in [-0.4, -0.2) is 5.97 Å². The van der Waals surface area contributed by atoms with Crippen molar-refractivity contribution in [2.45, 2.75) is 19.7 Å². The number of carbonyl (C=O) groups is 1. The fraction of sp³-hybridized carbons (Fsp3) is 0.136. The van der Waals surface area contributed by atoms with Gasteiger partial charge in [-0.05, 0) is 35.9 Å². The molecule has 150 valence electrons. The monoisotopic (exact) mass is 493 g/mol. The molecule has 0 atom stereocenters. The van der Waals surface area contributed by atoms with Gasteiger partial charge in [0.2, 0.25) is 0 Å². The van der Waals surface area contributed by atoms with Crippen LogP contribution in [-0.2, 0) is 19.7 Å². The number of aromatic carboxylic acids is 1. The molecule has 0 saturated heterocycles. The van der Waals surface area contributed by atoms with E-state index in [0.29, 0.717) is 29.7 Å². The Hall–Kier alpha value is -2.05. The predicted molar refractivity (Wildman–Crippen MR) is 115 cm³/mol. The van der Waals surface area contributed by atoms with Crippen LogP contribution in [0.1, 0.15) is 27.0 Å². The van der Waals surface area contributed by atoms with Gasteiger partial charge in [0.1, 0.15) is 25.4 Å². The molecule has 0 bridgehead atoms. The van der Waals surface area contributed by atoms with E-state index in [1.165, 1.54) is 0 Å². The Bertz CT molecular complexity index is 1010. The van der Waals surface area contributed by atoms with Crippen molar-refractivity contribution >= 4 is 45.1 Å². The van der Waals surface area contributed by atoms with Gasteiger partial charge in [-0.25, -0.2) is 0 Å². The number of quaternary nitrogens is 1. The second-order valence-electron chi connectivity index (χ2n) is 6.46. The van der Waals surface area contributed by atoms with Crippen LogP contribution in [0.3, 0.4) is 0 Å². The largest absolute Gasteiger partial charge is 0.545 e. The minimum absolute atomic E-state index is 0.178. The maximum absolute atomic E-state index is 10.8. The van der Waals surface area contributed by atoms with Crippen LogP contribution in [0.15, 0.2) is 65.1 Å². The van der Waals surface area contributed by atoms with Gasteiger partial charge in [-0.2, -0.15) is 0 Å². The first-order valence-electron chi connectivity index (χ1n) is 8.89. The Morgan fingerprint density at radius 2 is 1.72 bits per heavy atom. The van der Waals surface area contributed by atoms with E-state index >= 15 is 0 Å². The fourth-order valence-corrected chi connectivity index (χ4v) is 3.69. The van der Waals surface area contributed by atoms with Crippen molar-refractivity contribution in [3.8, 4) is 5.75 Å². The summed E-state index contributed by atoms with van der Waals surface area (Å²) in [6, 6.07) is 17.9. The van der Waals surface area contributed by atoms with E-state index in [0.717, 1.165) is 26.9 Å². The van der Waals surface area contributed by atoms with E-state index in [-0.39, 0.29) is 5.56 Å². The molecule has 0 fully saturated rings. The maximum atomic E-state index is 10.8. The molecular formula is C22H18BrCl2NO3. The number of ether oxygens (including phenoxy) is 1. The Labute approximate surface area is 187 Å². The van der Waals surface area contributed by atoms with Crippen LogP contribution < -0.4 is 15.2 Å². The van der Waals surface area contributed by atoms with Gasteiger partial charge in [0.05, 0.1) is 5.97 Å². The fourth-order valence-electron chi connectivity index (χ4n) is 2.81. The van der Waals surface area contributed by atoms with Gasteiger partial charge in [-0.1, -0.05) is 69.5 Å². The molecule has 0 heterocycles. The summed E-state index contributed by atoms with van der Waals surface area (Å²) < 4.78 is 6.97. The van der Waals surface area contributed by atoms with E-state index in [1.54, 1.807) is 36.4 Å². The van der Waals surface area contributed by atoms with E-state index in [2.05, 4.69) is 21.2 Å². The van der Waals surface area contributed by atoms with Gasteiger partial charge in [0.15, 0.2) is 0 Å². The van der Waals surface area contributed by atoms with Crippen LogP contribution >= 0.6 is 39.1 Å². The number of rotatable bonds is 8. The summed E-state index contributed by atoms with van der Waals surface area (Å²) in [5.74, 6) is -0.389. The zero-order valence-electron chi connectivity index (χ0n) is 15.3. The van der Waals surface area contributed by atoms with Crippen LogP contribution in [0.5, 0.6) is 5.75 Å². The standard InChI is InChI=1S/C22H18BrCl2NO3/c23-18-6-8-21(29-13-16-5-7-19(24)10-20(16)25)17(9-18)12-26-11-14-1-3-15(4-2-14)22(27)28/h1-10,26H,11-13H2,(H,27,28). The van der Waals surface area contributed by atoms with Crippen LogP contribution in [0, 0.1) is 0 Å². The third-order valence-corrected chi connectivity index (χ3v) is 5.43. The zero-order valence-corrected chi connectivity index (χ0v) is 18.4. The third kappa shape index (κ3) is 6.21. The molecule has 4 nitrogen and oxygen atoms in total. The van der Waals surface area contributed by atoms with Crippen molar-refractivity contribution in [1.82, 2.24) is 0 Å². The molecule has 0 radical (unpaired) electrons. The first-order chi connectivity index (χ1) is 13.9. The Morgan fingerprint density at radius 1 is 0.966 bits per heavy atom. The number of nitrogens with two attached hydrogens (primary N) is 1. The summed E-state index contributed by atoms with van der Waals surface area (Å²) in [6.07, 6.45) is 0. The molecule has 2 N–H and O–H groups in total. The highest BCUT2D eigenvalue weighted by Gasteiger charge is 2.09. The summed E-state index contributed by atoms with van der Waals surface area (Å²) >= 11 is 15.7. The Morgan fingerprint density at radius 3 is 2.41 bits per heavy atom. The molecule has 3 aromatic carbocycles. The van der Waals surface area contributed by atoms with Crippen molar-refractivity contribution in [2.24, 2.45) is 0 Å². The number of halogens is 3. The summed E-state index contributed by atoms with van der Waals surface area (Å²) in [5, 5.41) is 14.1. The normalized spacial score (nSPS) is 10.7. The topological polar surface area (TPSA) is 66.0 Å². The van der Waals surface area contributed by atoms with E-state index in [9.17, 15) is 9.90 Å². The average molecular weight is 495 g/mol. The summed E-state index contributed by atoms with van der Waals surface area (Å²) in [4.78, 5) is 10.8. The molecule has 0 aliphatic rings. The lowest BCUT2D eigenvalue weighted by atomic mass is 10.1. The number of hydrogen-bond donors (Lipinski definition) is 1. The summed E-state index contributed by atoms with van der Waals surface area (Å²) in [7, 11) is 0. The first kappa shape index (κ1) is 21.7. The van der Waals surface area contributed by atoms with E-state index < -0.39 is 5.97 Å². The predicted octanol–water partition coefficient (Wildman–Crippen LogP) is 3.96. The number of carbonyl (C=O) groups excluding carboxylic acids is 1. The number of carboxylic acids is 1. The van der Waals surface area contributed by atoms with Gasteiger partial charge in [0, 0.05) is 31.2 Å². The highest BCUT2D eigenvalue weighted by atomic mass is 79.9. The van der Waals surface area contributed by atoms with Crippen molar-refractivity contribution < 1.29 is 20.0 Å². The van der Waals surface area contributed by atoms with Crippen molar-refractivity contribution in [3.05, 3.63) is 97.4 Å². The lowest BCUT2D eigenvalue weighted by molar-refractivity contribution is -0.686. The molecule has 0 amide bonds. The smallest absolute Gasteiger partial charge is 0.128 e. The van der Waals surface area contributed by atoms with E-state index in [1.807, 2.05) is 24.3 Å². The second kappa shape index (κ2) is 10.1. The molecule has 0 spiro atoms. The molecular weight excluding hydrogens is 477 g/mol. The molecule has 0 aliphatic carbocycles. The molecule has 29 heavy (non-hydrogen) atoms. The lowest BCUT2D eigenvalue weighted by Crippen LogP contribution is -2.80. The van der Waals surface area contributed by atoms with Crippen LogP contribution in [0.4, 0.5) is 0 Å². The molecule has 7 heteroatoms. The zero-order chi connectivity index (χ0) is 20.8. The average Bonchev–Trinajstić information content (AvgIpc) is 2.69. The Kier molecular flexibility index (Phi) is 7.56. The van der Waals surface area contributed by atoms with Gasteiger partial charge >= 0.3 is 0 Å². The minimum atomic E-state index is -1.17. The first-order valence-corrected chi connectivity index (χ1v) is 10.4. The maximum Gasteiger partial charge on any atom is 0.128 e. The molecule has 3 rings (SSSR count).